The third-order valence-corrected chi connectivity index (χ3v) is 3.80. The van der Waals surface area contributed by atoms with Gasteiger partial charge >= 0.3 is 0 Å². The van der Waals surface area contributed by atoms with Crippen LogP contribution >= 0.6 is 11.3 Å². The van der Waals surface area contributed by atoms with Gasteiger partial charge in [-0.15, -0.1) is 11.3 Å². The zero-order valence-electron chi connectivity index (χ0n) is 10.7. The molecule has 0 saturated heterocycles. The summed E-state index contributed by atoms with van der Waals surface area (Å²) in [5.41, 5.74) is 1.09. The van der Waals surface area contributed by atoms with Crippen molar-refractivity contribution in [1.82, 2.24) is 15.3 Å². The lowest BCUT2D eigenvalue weighted by molar-refractivity contribution is 0.489. The van der Waals surface area contributed by atoms with E-state index in [9.17, 15) is 0 Å². The van der Waals surface area contributed by atoms with E-state index in [4.69, 9.17) is 0 Å². The third-order valence-electron chi connectivity index (χ3n) is 2.86. The van der Waals surface area contributed by atoms with Crippen LogP contribution in [-0.2, 0) is 6.42 Å². The summed E-state index contributed by atoms with van der Waals surface area (Å²) in [6, 6.07) is 6.64. The van der Waals surface area contributed by atoms with E-state index in [1.807, 2.05) is 23.6 Å². The highest BCUT2D eigenvalue weighted by atomic mass is 32.1. The van der Waals surface area contributed by atoms with E-state index in [0.717, 1.165) is 31.5 Å². The molecule has 0 radical (unpaired) electrons. The van der Waals surface area contributed by atoms with E-state index in [-0.39, 0.29) is 0 Å². The van der Waals surface area contributed by atoms with Crippen molar-refractivity contribution in [2.45, 2.75) is 32.2 Å². The van der Waals surface area contributed by atoms with Crippen LogP contribution in [0.1, 0.15) is 36.4 Å². The molecule has 1 atom stereocenters. The molecular formula is C14H19N3S. The van der Waals surface area contributed by atoms with Crippen LogP contribution in [0, 0.1) is 0 Å². The van der Waals surface area contributed by atoms with Gasteiger partial charge in [0.15, 0.2) is 0 Å². The average molecular weight is 261 g/mol. The highest BCUT2D eigenvalue weighted by Crippen LogP contribution is 2.19. The topological polar surface area (TPSA) is 37.8 Å². The molecule has 0 aliphatic rings. The molecule has 0 bridgehead atoms. The SMILES string of the molecule is CCCNC(CCc1cccs1)c1ccncn1. The number of thiophene rings is 1. The van der Waals surface area contributed by atoms with Gasteiger partial charge in [-0.2, -0.15) is 0 Å². The van der Waals surface area contributed by atoms with E-state index >= 15 is 0 Å². The lowest BCUT2D eigenvalue weighted by Crippen LogP contribution is -2.23. The zero-order chi connectivity index (χ0) is 12.6. The van der Waals surface area contributed by atoms with Gasteiger partial charge in [0.2, 0.25) is 0 Å². The molecule has 2 aromatic heterocycles. The van der Waals surface area contributed by atoms with Gasteiger partial charge in [0.05, 0.1) is 5.69 Å². The molecule has 2 aromatic rings. The number of rotatable bonds is 7. The second-order valence-corrected chi connectivity index (χ2v) is 5.29. The van der Waals surface area contributed by atoms with E-state index < -0.39 is 0 Å². The first kappa shape index (κ1) is 13.2. The molecule has 4 heteroatoms. The molecule has 1 unspecified atom stereocenters. The van der Waals surface area contributed by atoms with Crippen molar-refractivity contribution in [3.05, 3.63) is 46.7 Å². The summed E-state index contributed by atoms with van der Waals surface area (Å²) in [5, 5.41) is 5.70. The van der Waals surface area contributed by atoms with Gasteiger partial charge in [0.25, 0.3) is 0 Å². The van der Waals surface area contributed by atoms with E-state index in [1.165, 1.54) is 4.88 Å². The second kappa shape index (κ2) is 7.24. The molecule has 1 N–H and O–H groups in total. The highest BCUT2D eigenvalue weighted by molar-refractivity contribution is 7.09. The van der Waals surface area contributed by atoms with Crippen molar-refractivity contribution in [2.24, 2.45) is 0 Å². The minimum atomic E-state index is 0.329. The molecule has 3 nitrogen and oxygen atoms in total. The number of hydrogen-bond donors (Lipinski definition) is 1. The zero-order valence-corrected chi connectivity index (χ0v) is 11.5. The Hall–Kier alpha value is -1.26. The first-order valence-electron chi connectivity index (χ1n) is 6.42. The molecule has 0 aliphatic heterocycles. The Morgan fingerprint density at radius 2 is 2.33 bits per heavy atom. The maximum Gasteiger partial charge on any atom is 0.115 e. The van der Waals surface area contributed by atoms with Gasteiger partial charge in [-0.25, -0.2) is 9.97 Å². The molecule has 0 amide bonds. The monoisotopic (exact) mass is 261 g/mol. The smallest absolute Gasteiger partial charge is 0.115 e. The maximum absolute atomic E-state index is 4.36. The van der Waals surface area contributed by atoms with Gasteiger partial charge in [0, 0.05) is 17.1 Å². The van der Waals surface area contributed by atoms with Gasteiger partial charge in [0.1, 0.15) is 6.33 Å². The van der Waals surface area contributed by atoms with Crippen LogP contribution in [0.25, 0.3) is 0 Å². The van der Waals surface area contributed by atoms with Crippen LogP contribution in [0.5, 0.6) is 0 Å². The molecule has 2 heterocycles. The fourth-order valence-electron chi connectivity index (χ4n) is 1.92. The summed E-state index contributed by atoms with van der Waals surface area (Å²) in [5.74, 6) is 0. The molecule has 2 rings (SSSR count). The number of aryl methyl sites for hydroxylation is 1. The highest BCUT2D eigenvalue weighted by Gasteiger charge is 2.12. The Kier molecular flexibility index (Phi) is 5.30. The summed E-state index contributed by atoms with van der Waals surface area (Å²) in [4.78, 5) is 9.78. The number of nitrogens with zero attached hydrogens (tertiary/aromatic N) is 2. The Bertz CT molecular complexity index is 428. The van der Waals surface area contributed by atoms with Crippen LogP contribution in [0.2, 0.25) is 0 Å². The van der Waals surface area contributed by atoms with Gasteiger partial charge < -0.3 is 5.32 Å². The predicted molar refractivity (Wildman–Crippen MR) is 75.7 cm³/mol. The lowest BCUT2D eigenvalue weighted by atomic mass is 10.1. The van der Waals surface area contributed by atoms with Crippen LogP contribution < -0.4 is 5.32 Å². The van der Waals surface area contributed by atoms with Crippen LogP contribution in [0.3, 0.4) is 0 Å². The molecule has 0 saturated carbocycles. The molecule has 96 valence electrons. The van der Waals surface area contributed by atoms with Crippen molar-refractivity contribution < 1.29 is 0 Å². The average Bonchev–Trinajstić information content (AvgIpc) is 2.93. The van der Waals surface area contributed by atoms with Crippen molar-refractivity contribution >= 4 is 11.3 Å². The minimum absolute atomic E-state index is 0.329. The second-order valence-electron chi connectivity index (χ2n) is 4.26. The third kappa shape index (κ3) is 3.89. The van der Waals surface area contributed by atoms with Crippen LogP contribution in [0.4, 0.5) is 0 Å². The summed E-state index contributed by atoms with van der Waals surface area (Å²) >= 11 is 1.82. The first-order chi connectivity index (χ1) is 8.90. The number of nitrogens with one attached hydrogen (secondary N) is 1. The number of aromatic nitrogens is 2. The lowest BCUT2D eigenvalue weighted by Gasteiger charge is -2.17. The van der Waals surface area contributed by atoms with E-state index in [2.05, 4.69) is 39.7 Å². The maximum atomic E-state index is 4.36. The van der Waals surface area contributed by atoms with Gasteiger partial charge in [-0.3, -0.25) is 0 Å². The largest absolute Gasteiger partial charge is 0.309 e. The molecular weight excluding hydrogens is 242 g/mol. The summed E-state index contributed by atoms with van der Waals surface area (Å²) in [7, 11) is 0. The van der Waals surface area contributed by atoms with Crippen molar-refractivity contribution in [3.63, 3.8) is 0 Å². The Morgan fingerprint density at radius 1 is 1.39 bits per heavy atom. The molecule has 0 aliphatic carbocycles. The minimum Gasteiger partial charge on any atom is -0.309 e. The first-order valence-corrected chi connectivity index (χ1v) is 7.29. The molecule has 18 heavy (non-hydrogen) atoms. The molecule has 0 aromatic carbocycles. The quantitative estimate of drug-likeness (QED) is 0.831. The van der Waals surface area contributed by atoms with Gasteiger partial charge in [-0.1, -0.05) is 13.0 Å². The fourth-order valence-corrected chi connectivity index (χ4v) is 2.65. The predicted octanol–water partition coefficient (Wildman–Crippen LogP) is 3.21. The Labute approximate surface area is 112 Å². The van der Waals surface area contributed by atoms with Crippen molar-refractivity contribution in [1.29, 1.82) is 0 Å². The molecule has 0 spiro atoms. The van der Waals surface area contributed by atoms with Crippen molar-refractivity contribution in [3.8, 4) is 0 Å². The van der Waals surface area contributed by atoms with E-state index in [1.54, 1.807) is 6.33 Å². The number of hydrogen-bond acceptors (Lipinski definition) is 4. The summed E-state index contributed by atoms with van der Waals surface area (Å²) in [6.45, 7) is 3.21. The summed E-state index contributed by atoms with van der Waals surface area (Å²) in [6.07, 6.45) is 6.76. The Balaban J connectivity index is 1.96. The van der Waals surface area contributed by atoms with E-state index in [0.29, 0.717) is 6.04 Å². The van der Waals surface area contributed by atoms with Crippen LogP contribution in [0.15, 0.2) is 36.1 Å². The fraction of sp³-hybridized carbons (Fsp3) is 0.429. The van der Waals surface area contributed by atoms with Gasteiger partial charge in [-0.05, 0) is 43.3 Å². The standard InChI is InChI=1S/C14H19N3S/c1-2-8-16-13(14-7-9-15-11-17-14)6-5-12-4-3-10-18-12/h3-4,7,9-11,13,16H,2,5-6,8H2,1H3. The normalized spacial score (nSPS) is 12.5. The van der Waals surface area contributed by atoms with Crippen LogP contribution in [-0.4, -0.2) is 16.5 Å². The molecule has 0 fully saturated rings. The Morgan fingerprint density at radius 3 is 3.00 bits per heavy atom. The van der Waals surface area contributed by atoms with Crippen molar-refractivity contribution in [2.75, 3.05) is 6.54 Å². The summed E-state index contributed by atoms with van der Waals surface area (Å²) < 4.78 is 0.